The summed E-state index contributed by atoms with van der Waals surface area (Å²) in [5.41, 5.74) is 2.53. The molecule has 0 atom stereocenters. The van der Waals surface area contributed by atoms with Crippen molar-refractivity contribution in [3.63, 3.8) is 0 Å². The average molecular weight is 268 g/mol. The first-order valence-corrected chi connectivity index (χ1v) is 7.50. The Hall–Kier alpha value is -1.96. The van der Waals surface area contributed by atoms with E-state index in [9.17, 15) is 0 Å². The predicted octanol–water partition coefficient (Wildman–Crippen LogP) is 3.61. The van der Waals surface area contributed by atoms with Crippen LogP contribution in [-0.2, 0) is 6.54 Å². The Balaban J connectivity index is 2.09. The molecular weight excluding hydrogens is 244 g/mol. The third kappa shape index (κ3) is 4.02. The van der Waals surface area contributed by atoms with E-state index >= 15 is 0 Å². The van der Waals surface area contributed by atoms with Gasteiger partial charge in [0, 0.05) is 30.7 Å². The third-order valence-corrected chi connectivity index (χ3v) is 3.36. The van der Waals surface area contributed by atoms with Gasteiger partial charge < -0.3 is 0 Å². The molecular formula is C18H24N2+2. The van der Waals surface area contributed by atoms with Gasteiger partial charge in [0.15, 0.2) is 31.0 Å². The van der Waals surface area contributed by atoms with E-state index in [1.807, 2.05) is 0 Å². The van der Waals surface area contributed by atoms with Crippen molar-refractivity contribution in [1.82, 2.24) is 0 Å². The number of hydrogen-bond acceptors (Lipinski definition) is 0. The quantitative estimate of drug-likeness (QED) is 0.707. The van der Waals surface area contributed by atoms with E-state index in [2.05, 4.69) is 84.3 Å². The van der Waals surface area contributed by atoms with Crippen LogP contribution in [0.15, 0.2) is 55.1 Å². The molecule has 0 radical (unpaired) electrons. The molecule has 2 heterocycles. The van der Waals surface area contributed by atoms with Crippen LogP contribution in [0, 0.1) is 0 Å². The van der Waals surface area contributed by atoms with E-state index in [1.165, 1.54) is 24.0 Å². The van der Waals surface area contributed by atoms with Crippen LogP contribution in [0.3, 0.4) is 0 Å². The van der Waals surface area contributed by atoms with Gasteiger partial charge in [-0.3, -0.25) is 0 Å². The van der Waals surface area contributed by atoms with Gasteiger partial charge in [0.2, 0.25) is 0 Å². The largest absolute Gasteiger partial charge is 0.205 e. The molecule has 0 fully saturated rings. The number of aromatic nitrogens is 2. The SMILES string of the molecule is CC/C=C/[n+]1ccc(-c2cc[n+](CCCC)cc2)cc1. The molecule has 0 unspecified atom stereocenters. The van der Waals surface area contributed by atoms with Crippen molar-refractivity contribution in [1.29, 1.82) is 0 Å². The van der Waals surface area contributed by atoms with Gasteiger partial charge in [-0.25, -0.2) is 4.57 Å². The van der Waals surface area contributed by atoms with Crippen LogP contribution in [0.1, 0.15) is 33.1 Å². The van der Waals surface area contributed by atoms with E-state index in [4.69, 9.17) is 0 Å². The Morgan fingerprint density at radius 2 is 1.50 bits per heavy atom. The summed E-state index contributed by atoms with van der Waals surface area (Å²) in [5.74, 6) is 0. The molecule has 2 rings (SSSR count). The van der Waals surface area contributed by atoms with Gasteiger partial charge in [0.25, 0.3) is 0 Å². The first-order valence-electron chi connectivity index (χ1n) is 7.50. The highest BCUT2D eigenvalue weighted by Crippen LogP contribution is 2.15. The standard InChI is InChI=1S/C18H24N2/c1-3-5-11-19-13-7-17(8-14-19)18-9-15-20(16-10-18)12-6-4-2/h5,7-11,13-16H,3-4,6,12H2,1-2H3/q+2/b11-5+. The lowest BCUT2D eigenvalue weighted by molar-refractivity contribution is -0.697. The van der Waals surface area contributed by atoms with Crippen molar-refractivity contribution in [3.05, 3.63) is 55.1 Å². The monoisotopic (exact) mass is 268 g/mol. The topological polar surface area (TPSA) is 7.76 Å². The lowest BCUT2D eigenvalue weighted by atomic mass is 10.1. The zero-order chi connectivity index (χ0) is 14.2. The van der Waals surface area contributed by atoms with Gasteiger partial charge in [-0.1, -0.05) is 20.3 Å². The lowest BCUT2D eigenvalue weighted by Crippen LogP contribution is -2.32. The van der Waals surface area contributed by atoms with Crippen LogP contribution in [-0.4, -0.2) is 0 Å². The van der Waals surface area contributed by atoms with Crippen LogP contribution in [0.5, 0.6) is 0 Å². The van der Waals surface area contributed by atoms with Crippen molar-refractivity contribution < 1.29 is 9.13 Å². The third-order valence-electron chi connectivity index (χ3n) is 3.36. The van der Waals surface area contributed by atoms with Crippen molar-refractivity contribution >= 4 is 6.20 Å². The van der Waals surface area contributed by atoms with Crippen molar-refractivity contribution in [3.8, 4) is 11.1 Å². The van der Waals surface area contributed by atoms with Crippen molar-refractivity contribution in [2.45, 2.75) is 39.7 Å². The van der Waals surface area contributed by atoms with Crippen LogP contribution in [0.2, 0.25) is 0 Å². The van der Waals surface area contributed by atoms with Crippen LogP contribution < -0.4 is 9.13 Å². The fourth-order valence-corrected chi connectivity index (χ4v) is 2.10. The maximum atomic E-state index is 2.25. The Morgan fingerprint density at radius 1 is 0.900 bits per heavy atom. The molecule has 2 aromatic rings. The maximum Gasteiger partial charge on any atom is 0.175 e. The van der Waals surface area contributed by atoms with Crippen LogP contribution in [0.25, 0.3) is 17.3 Å². The number of unbranched alkanes of at least 4 members (excludes halogenated alkanes) is 1. The maximum absolute atomic E-state index is 2.25. The summed E-state index contributed by atoms with van der Waals surface area (Å²) >= 11 is 0. The molecule has 0 amide bonds. The minimum atomic E-state index is 1.06. The molecule has 0 N–H and O–H groups in total. The molecule has 0 bridgehead atoms. The predicted molar refractivity (Wildman–Crippen MR) is 82.8 cm³/mol. The number of allylic oxidation sites excluding steroid dienone is 1. The van der Waals surface area contributed by atoms with Crippen LogP contribution >= 0.6 is 0 Å². The second-order valence-electron chi connectivity index (χ2n) is 5.01. The molecule has 0 aliphatic heterocycles. The number of aryl methyl sites for hydroxylation is 1. The molecule has 0 aliphatic rings. The molecule has 20 heavy (non-hydrogen) atoms. The van der Waals surface area contributed by atoms with E-state index in [0.29, 0.717) is 0 Å². The molecule has 0 aliphatic carbocycles. The smallest absolute Gasteiger partial charge is 0.175 e. The number of rotatable bonds is 6. The highest BCUT2D eigenvalue weighted by atomic mass is 14.9. The summed E-state index contributed by atoms with van der Waals surface area (Å²) in [6.07, 6.45) is 16.3. The molecule has 2 nitrogen and oxygen atoms in total. The minimum Gasteiger partial charge on any atom is -0.205 e. The first-order chi connectivity index (χ1) is 9.83. The summed E-state index contributed by atoms with van der Waals surface area (Å²) in [5, 5.41) is 0. The van der Waals surface area contributed by atoms with Gasteiger partial charge >= 0.3 is 0 Å². The number of nitrogens with zero attached hydrogens (tertiary/aromatic N) is 2. The highest BCUT2D eigenvalue weighted by Gasteiger charge is 2.04. The summed E-state index contributed by atoms with van der Waals surface area (Å²) in [7, 11) is 0. The first kappa shape index (κ1) is 14.4. The highest BCUT2D eigenvalue weighted by molar-refractivity contribution is 5.61. The number of hydrogen-bond donors (Lipinski definition) is 0. The molecule has 0 saturated carbocycles. The molecule has 104 valence electrons. The Morgan fingerprint density at radius 3 is 2.05 bits per heavy atom. The molecule has 2 aromatic heterocycles. The van der Waals surface area contributed by atoms with Gasteiger partial charge in [-0.05, 0) is 23.6 Å². The Labute approximate surface area is 122 Å². The van der Waals surface area contributed by atoms with Crippen molar-refractivity contribution in [2.24, 2.45) is 0 Å². The van der Waals surface area contributed by atoms with Gasteiger partial charge in [0.1, 0.15) is 6.54 Å². The fourth-order valence-electron chi connectivity index (χ4n) is 2.10. The lowest BCUT2D eigenvalue weighted by Gasteiger charge is -2.00. The summed E-state index contributed by atoms with van der Waals surface area (Å²) in [6, 6.07) is 8.70. The van der Waals surface area contributed by atoms with E-state index in [1.54, 1.807) is 0 Å². The Bertz CT molecular complexity index is 539. The second-order valence-corrected chi connectivity index (χ2v) is 5.01. The Kier molecular flexibility index (Phi) is 5.48. The van der Waals surface area contributed by atoms with E-state index in [0.717, 1.165) is 13.0 Å². The minimum absolute atomic E-state index is 1.06. The zero-order valence-corrected chi connectivity index (χ0v) is 12.5. The summed E-state index contributed by atoms with van der Waals surface area (Å²) in [4.78, 5) is 0. The molecule has 0 aromatic carbocycles. The summed E-state index contributed by atoms with van der Waals surface area (Å²) in [6.45, 7) is 5.47. The summed E-state index contributed by atoms with van der Waals surface area (Å²) < 4.78 is 4.33. The fraction of sp³-hybridized carbons (Fsp3) is 0.333. The second kappa shape index (κ2) is 7.59. The van der Waals surface area contributed by atoms with Gasteiger partial charge in [0.05, 0.1) is 0 Å². The van der Waals surface area contributed by atoms with E-state index < -0.39 is 0 Å². The normalized spacial score (nSPS) is 11.1. The van der Waals surface area contributed by atoms with Gasteiger partial charge in [-0.2, -0.15) is 4.57 Å². The number of pyridine rings is 2. The van der Waals surface area contributed by atoms with Crippen molar-refractivity contribution in [2.75, 3.05) is 0 Å². The average Bonchev–Trinajstić information content (AvgIpc) is 2.52. The van der Waals surface area contributed by atoms with Gasteiger partial charge in [-0.15, -0.1) is 0 Å². The molecule has 0 saturated heterocycles. The molecule has 2 heteroatoms. The van der Waals surface area contributed by atoms with E-state index in [-0.39, 0.29) is 0 Å². The zero-order valence-electron chi connectivity index (χ0n) is 12.5. The van der Waals surface area contributed by atoms with Crippen LogP contribution in [0.4, 0.5) is 0 Å². The molecule has 0 spiro atoms.